The van der Waals surface area contributed by atoms with E-state index in [0.717, 1.165) is 57.3 Å². The number of hydrogen-bond acceptors (Lipinski definition) is 6. The number of nitrogens with one attached hydrogen (secondary N) is 3. The first kappa shape index (κ1) is 23.4. The average Bonchev–Trinajstić information content (AvgIpc) is 2.80. The van der Waals surface area contributed by atoms with E-state index in [9.17, 15) is 9.59 Å². The molecule has 178 valence electrons. The lowest BCUT2D eigenvalue weighted by Crippen LogP contribution is -2.50. The van der Waals surface area contributed by atoms with Gasteiger partial charge in [0.2, 0.25) is 0 Å². The molecule has 1 atom stereocenters. The highest BCUT2D eigenvalue weighted by atomic mass is 16.2. The summed E-state index contributed by atoms with van der Waals surface area (Å²) in [7, 11) is 0. The average molecular weight is 454 g/mol. The van der Waals surface area contributed by atoms with E-state index in [4.69, 9.17) is 0 Å². The van der Waals surface area contributed by atoms with E-state index in [1.54, 1.807) is 17.2 Å². The maximum Gasteiger partial charge on any atom is 0.354 e. The molecule has 2 aliphatic heterocycles. The van der Waals surface area contributed by atoms with Gasteiger partial charge in [0.1, 0.15) is 5.82 Å². The van der Waals surface area contributed by atoms with Crippen LogP contribution in [0.4, 0.5) is 10.6 Å². The molecule has 1 aromatic heterocycles. The molecule has 3 heterocycles. The quantitative estimate of drug-likeness (QED) is 0.555. The second kappa shape index (κ2) is 10.9. The van der Waals surface area contributed by atoms with E-state index >= 15 is 0 Å². The van der Waals surface area contributed by atoms with Crippen LogP contribution in [0.25, 0.3) is 5.69 Å². The normalized spacial score (nSPS) is 17.6. The van der Waals surface area contributed by atoms with Crippen LogP contribution in [0.1, 0.15) is 19.4 Å². The van der Waals surface area contributed by atoms with Gasteiger partial charge in [-0.2, -0.15) is 4.98 Å². The molecule has 9 nitrogen and oxygen atoms in total. The molecule has 2 amide bonds. The minimum Gasteiger partial charge on any atom is -0.322 e. The molecule has 2 aliphatic rings. The second-order valence-electron chi connectivity index (χ2n) is 8.96. The topological polar surface area (TPSA) is 94.5 Å². The van der Waals surface area contributed by atoms with Crippen molar-refractivity contribution in [2.75, 3.05) is 57.7 Å². The fourth-order valence-electron chi connectivity index (χ4n) is 4.42. The van der Waals surface area contributed by atoms with Crippen LogP contribution in [0.3, 0.4) is 0 Å². The van der Waals surface area contributed by atoms with Gasteiger partial charge < -0.3 is 20.4 Å². The molecule has 2 saturated heterocycles. The Hall–Kier alpha value is -2.75. The molecule has 0 radical (unpaired) electrons. The van der Waals surface area contributed by atoms with E-state index in [1.807, 2.05) is 12.1 Å². The Morgan fingerprint density at radius 2 is 1.91 bits per heavy atom. The molecule has 9 heteroatoms. The fourth-order valence-corrected chi connectivity index (χ4v) is 4.42. The first-order valence-electron chi connectivity index (χ1n) is 11.9. The first-order chi connectivity index (χ1) is 16.0. The van der Waals surface area contributed by atoms with Crippen LogP contribution in [0.15, 0.2) is 41.3 Å². The van der Waals surface area contributed by atoms with Crippen LogP contribution < -0.4 is 21.6 Å². The largest absolute Gasteiger partial charge is 0.354 e. The van der Waals surface area contributed by atoms with Crippen LogP contribution in [-0.2, 0) is 6.42 Å². The Bertz CT molecular complexity index is 981. The fraction of sp³-hybridized carbons (Fsp3) is 0.542. The lowest BCUT2D eigenvalue weighted by atomic mass is 10.00. The van der Waals surface area contributed by atoms with Crippen LogP contribution in [0.5, 0.6) is 0 Å². The predicted molar refractivity (Wildman–Crippen MR) is 130 cm³/mol. The monoisotopic (exact) mass is 453 g/mol. The molecule has 0 spiro atoms. The summed E-state index contributed by atoms with van der Waals surface area (Å²) in [5.41, 5.74) is 1.59. The van der Waals surface area contributed by atoms with Crippen LogP contribution in [-0.4, -0.2) is 83.8 Å². The number of anilines is 1. The summed E-state index contributed by atoms with van der Waals surface area (Å²) in [5, 5.41) is 9.28. The minimum atomic E-state index is -0.416. The molecule has 0 bridgehead atoms. The third kappa shape index (κ3) is 5.98. The number of carbonyl (C=O) groups is 1. The van der Waals surface area contributed by atoms with Crippen molar-refractivity contribution in [1.82, 2.24) is 30.0 Å². The number of urea groups is 1. The highest BCUT2D eigenvalue weighted by Crippen LogP contribution is 2.15. The summed E-state index contributed by atoms with van der Waals surface area (Å²) in [5.74, 6) is 1.03. The zero-order valence-corrected chi connectivity index (χ0v) is 19.6. The number of piperazine rings is 1. The summed E-state index contributed by atoms with van der Waals surface area (Å²) in [6, 6.07) is 9.96. The lowest BCUT2D eigenvalue weighted by Gasteiger charge is -2.36. The third-order valence-electron chi connectivity index (χ3n) is 6.58. The Kier molecular flexibility index (Phi) is 7.74. The maximum absolute atomic E-state index is 12.6. The molecular weight excluding hydrogens is 418 g/mol. The number of aromatic nitrogens is 2. The molecule has 2 aromatic rings. The van der Waals surface area contributed by atoms with Gasteiger partial charge in [-0.25, -0.2) is 9.59 Å². The van der Waals surface area contributed by atoms with Gasteiger partial charge in [-0.05, 0) is 49.6 Å². The Morgan fingerprint density at radius 1 is 1.18 bits per heavy atom. The number of amides is 2. The van der Waals surface area contributed by atoms with Crippen molar-refractivity contribution in [3.63, 3.8) is 0 Å². The molecule has 1 unspecified atom stereocenters. The SMILES string of the molecule is CCN(CC1CNC1)C(C)Cc1ccc(-n2ccc(NC(=O)N3CCNCC3)nc2=O)cc1. The van der Waals surface area contributed by atoms with E-state index in [0.29, 0.717) is 19.1 Å². The molecule has 4 rings (SSSR count). The second-order valence-corrected chi connectivity index (χ2v) is 8.96. The van der Waals surface area contributed by atoms with Crippen molar-refractivity contribution in [1.29, 1.82) is 0 Å². The van der Waals surface area contributed by atoms with Crippen LogP contribution in [0, 0.1) is 5.92 Å². The van der Waals surface area contributed by atoms with Crippen molar-refractivity contribution in [2.45, 2.75) is 26.3 Å². The van der Waals surface area contributed by atoms with Crippen molar-refractivity contribution >= 4 is 11.8 Å². The van der Waals surface area contributed by atoms with Gasteiger partial charge in [-0.3, -0.25) is 9.88 Å². The zero-order valence-electron chi connectivity index (χ0n) is 19.6. The van der Waals surface area contributed by atoms with Gasteiger partial charge in [0.25, 0.3) is 0 Å². The van der Waals surface area contributed by atoms with Gasteiger partial charge in [0.15, 0.2) is 0 Å². The molecule has 0 aliphatic carbocycles. The smallest absolute Gasteiger partial charge is 0.322 e. The van der Waals surface area contributed by atoms with Crippen LogP contribution >= 0.6 is 0 Å². The minimum absolute atomic E-state index is 0.227. The maximum atomic E-state index is 12.6. The van der Waals surface area contributed by atoms with Crippen LogP contribution in [0.2, 0.25) is 0 Å². The highest BCUT2D eigenvalue weighted by molar-refractivity contribution is 5.88. The van der Waals surface area contributed by atoms with Gasteiger partial charge >= 0.3 is 11.7 Å². The number of likely N-dealkylation sites (N-methyl/N-ethyl adjacent to an activating group) is 1. The summed E-state index contributed by atoms with van der Waals surface area (Å²) >= 11 is 0. The molecular formula is C24H35N7O2. The number of benzene rings is 1. The summed E-state index contributed by atoms with van der Waals surface area (Å²) < 4.78 is 1.50. The van der Waals surface area contributed by atoms with Gasteiger partial charge in [-0.1, -0.05) is 19.1 Å². The van der Waals surface area contributed by atoms with Crippen molar-refractivity contribution in [3.05, 3.63) is 52.6 Å². The Morgan fingerprint density at radius 3 is 2.52 bits per heavy atom. The highest BCUT2D eigenvalue weighted by Gasteiger charge is 2.22. The van der Waals surface area contributed by atoms with E-state index in [1.165, 1.54) is 10.1 Å². The molecule has 2 fully saturated rings. The van der Waals surface area contributed by atoms with Crippen molar-refractivity contribution in [3.8, 4) is 5.69 Å². The van der Waals surface area contributed by atoms with Gasteiger partial charge in [0.05, 0.1) is 5.69 Å². The Labute approximate surface area is 195 Å². The van der Waals surface area contributed by atoms with E-state index < -0.39 is 5.69 Å². The summed E-state index contributed by atoms with van der Waals surface area (Å²) in [6.45, 7) is 11.8. The number of hydrogen-bond donors (Lipinski definition) is 3. The summed E-state index contributed by atoms with van der Waals surface area (Å²) in [4.78, 5) is 33.2. The standard InChI is InChI=1S/C24H35N7O2/c1-3-29(17-20-15-26-16-20)18(2)14-19-4-6-21(7-5-19)31-11-8-22(28-24(31)33)27-23(32)30-12-9-25-10-13-30/h4-8,11,18,20,25-26H,3,9-10,12-17H2,1-2H3,(H,27,28,32,33). The predicted octanol–water partition coefficient (Wildman–Crippen LogP) is 1.14. The van der Waals surface area contributed by atoms with Gasteiger partial charge in [0, 0.05) is 58.1 Å². The van der Waals surface area contributed by atoms with Gasteiger partial charge in [-0.15, -0.1) is 0 Å². The molecule has 0 saturated carbocycles. The van der Waals surface area contributed by atoms with Crippen molar-refractivity contribution in [2.24, 2.45) is 5.92 Å². The number of rotatable bonds is 8. The molecule has 33 heavy (non-hydrogen) atoms. The lowest BCUT2D eigenvalue weighted by molar-refractivity contribution is 0.157. The summed E-state index contributed by atoms with van der Waals surface area (Å²) in [6.07, 6.45) is 2.63. The van der Waals surface area contributed by atoms with Crippen molar-refractivity contribution < 1.29 is 4.79 Å². The molecule has 1 aromatic carbocycles. The number of nitrogens with zero attached hydrogens (tertiary/aromatic N) is 4. The number of carbonyl (C=O) groups excluding carboxylic acids is 1. The third-order valence-corrected chi connectivity index (χ3v) is 6.58. The molecule has 3 N–H and O–H groups in total. The first-order valence-corrected chi connectivity index (χ1v) is 11.9. The van der Waals surface area contributed by atoms with E-state index in [2.05, 4.69) is 51.8 Å². The van der Waals surface area contributed by atoms with E-state index in [-0.39, 0.29) is 11.8 Å². The zero-order chi connectivity index (χ0) is 23.2. The Balaban J connectivity index is 1.36.